The van der Waals surface area contributed by atoms with Crippen LogP contribution < -0.4 is 10.1 Å². The Hall–Kier alpha value is -2.17. The van der Waals surface area contributed by atoms with E-state index in [9.17, 15) is 21.6 Å². The summed E-state index contributed by atoms with van der Waals surface area (Å²) in [5.74, 6) is -0.675. The van der Waals surface area contributed by atoms with Gasteiger partial charge in [0, 0.05) is 37.4 Å². The van der Waals surface area contributed by atoms with Crippen LogP contribution in [0.5, 0.6) is 5.75 Å². The largest absolute Gasteiger partial charge is 0.573 e. The second kappa shape index (κ2) is 7.02. The van der Waals surface area contributed by atoms with Crippen molar-refractivity contribution in [2.75, 3.05) is 19.6 Å². The second-order valence-corrected chi connectivity index (χ2v) is 8.77. The summed E-state index contributed by atoms with van der Waals surface area (Å²) in [5.41, 5.74) is 1.60. The first kappa shape index (κ1) is 19.2. The van der Waals surface area contributed by atoms with Gasteiger partial charge in [0.25, 0.3) is 0 Å². The molecule has 1 N–H and O–H groups in total. The van der Waals surface area contributed by atoms with Gasteiger partial charge in [-0.2, -0.15) is 4.31 Å². The van der Waals surface area contributed by atoms with Crippen LogP contribution >= 0.6 is 0 Å². The average Bonchev–Trinajstić information content (AvgIpc) is 3.02. The fraction of sp³-hybridized carbons (Fsp3) is 0.389. The minimum absolute atomic E-state index is 0.0124. The van der Waals surface area contributed by atoms with Crippen LogP contribution in [0.25, 0.3) is 0 Å². The van der Waals surface area contributed by atoms with Gasteiger partial charge in [0.15, 0.2) is 0 Å². The summed E-state index contributed by atoms with van der Waals surface area (Å²) in [5, 5.41) is 3.25. The van der Waals surface area contributed by atoms with Crippen molar-refractivity contribution in [2.24, 2.45) is 5.92 Å². The van der Waals surface area contributed by atoms with E-state index in [1.807, 2.05) is 6.07 Å². The van der Waals surface area contributed by atoms with Gasteiger partial charge in [-0.05, 0) is 36.2 Å². The van der Waals surface area contributed by atoms with Gasteiger partial charge < -0.3 is 10.1 Å². The SMILES string of the molecule is O=S(=O)(c1ccccc1OC(F)(F)F)N1Cc2cccnc2[C@@H]2CNC[C@H]2C1. The van der Waals surface area contributed by atoms with E-state index >= 15 is 0 Å². The zero-order valence-corrected chi connectivity index (χ0v) is 15.5. The summed E-state index contributed by atoms with van der Waals surface area (Å²) >= 11 is 0. The first-order valence-corrected chi connectivity index (χ1v) is 10.2. The second-order valence-electron chi connectivity index (χ2n) is 6.86. The first-order chi connectivity index (χ1) is 13.3. The number of halogens is 3. The molecular weight excluding hydrogens is 395 g/mol. The number of rotatable bonds is 3. The quantitative estimate of drug-likeness (QED) is 0.837. The zero-order chi connectivity index (χ0) is 19.9. The number of ether oxygens (including phenoxy) is 1. The third-order valence-electron chi connectivity index (χ3n) is 5.09. The number of benzene rings is 1. The molecule has 28 heavy (non-hydrogen) atoms. The van der Waals surface area contributed by atoms with Gasteiger partial charge >= 0.3 is 6.36 Å². The fourth-order valence-electron chi connectivity index (χ4n) is 3.87. The third kappa shape index (κ3) is 3.59. The van der Waals surface area contributed by atoms with Crippen molar-refractivity contribution in [3.63, 3.8) is 0 Å². The molecule has 0 unspecified atom stereocenters. The Morgan fingerprint density at radius 3 is 2.71 bits per heavy atom. The van der Waals surface area contributed by atoms with Crippen LogP contribution in [0.15, 0.2) is 47.5 Å². The molecule has 150 valence electrons. The maximum Gasteiger partial charge on any atom is 0.573 e. The van der Waals surface area contributed by atoms with Gasteiger partial charge in [0.2, 0.25) is 10.0 Å². The smallest absolute Gasteiger partial charge is 0.404 e. The zero-order valence-electron chi connectivity index (χ0n) is 14.7. The molecule has 1 saturated heterocycles. The van der Waals surface area contributed by atoms with E-state index in [-0.39, 0.29) is 24.9 Å². The van der Waals surface area contributed by atoms with Crippen LogP contribution in [0.3, 0.4) is 0 Å². The van der Waals surface area contributed by atoms with Crippen molar-refractivity contribution in [2.45, 2.75) is 23.7 Å². The summed E-state index contributed by atoms with van der Waals surface area (Å²) in [4.78, 5) is 3.94. The molecule has 4 rings (SSSR count). The topological polar surface area (TPSA) is 71.5 Å². The molecule has 2 atom stereocenters. The highest BCUT2D eigenvalue weighted by atomic mass is 32.2. The average molecular weight is 413 g/mol. The van der Waals surface area contributed by atoms with Crippen LogP contribution in [0, 0.1) is 5.92 Å². The lowest BCUT2D eigenvalue weighted by molar-refractivity contribution is -0.275. The lowest BCUT2D eigenvalue weighted by Gasteiger charge is -2.24. The molecule has 0 aliphatic carbocycles. The molecular formula is C18H18F3N3O3S. The van der Waals surface area contributed by atoms with Crippen molar-refractivity contribution in [3.05, 3.63) is 53.9 Å². The molecule has 2 aliphatic heterocycles. The number of hydrogen-bond donors (Lipinski definition) is 1. The standard InChI is InChI=1S/C18H18F3N3O3S/c19-18(20,21)27-15-5-1-2-6-16(15)28(25,26)24-10-12-4-3-7-23-17(12)14-9-22-8-13(14)11-24/h1-7,13-14,22H,8-11H2/t13-,14+/m0/s1. The van der Waals surface area contributed by atoms with Crippen LogP contribution in [-0.2, 0) is 16.6 Å². The molecule has 1 aromatic heterocycles. The Morgan fingerprint density at radius 2 is 1.93 bits per heavy atom. The Balaban J connectivity index is 1.75. The van der Waals surface area contributed by atoms with Crippen LogP contribution in [0.4, 0.5) is 13.2 Å². The van der Waals surface area contributed by atoms with E-state index in [0.717, 1.165) is 23.4 Å². The van der Waals surface area contributed by atoms with Crippen molar-refractivity contribution in [3.8, 4) is 5.75 Å². The predicted molar refractivity (Wildman–Crippen MR) is 94.1 cm³/mol. The monoisotopic (exact) mass is 413 g/mol. The number of fused-ring (bicyclic) bond motifs is 3. The van der Waals surface area contributed by atoms with Gasteiger partial charge in [-0.25, -0.2) is 8.42 Å². The molecule has 0 spiro atoms. The van der Waals surface area contributed by atoms with Gasteiger partial charge in [0.05, 0.1) is 0 Å². The number of alkyl halides is 3. The highest BCUT2D eigenvalue weighted by Gasteiger charge is 2.41. The molecule has 1 aromatic carbocycles. The lowest BCUT2D eigenvalue weighted by Crippen LogP contribution is -2.35. The minimum Gasteiger partial charge on any atom is -0.404 e. The first-order valence-electron chi connectivity index (χ1n) is 8.75. The van der Waals surface area contributed by atoms with E-state index in [0.29, 0.717) is 13.1 Å². The van der Waals surface area contributed by atoms with Gasteiger partial charge in [-0.3, -0.25) is 4.98 Å². The Bertz CT molecular complexity index is 981. The van der Waals surface area contributed by atoms with Crippen LogP contribution in [0.2, 0.25) is 0 Å². The lowest BCUT2D eigenvalue weighted by atomic mass is 9.91. The highest BCUT2D eigenvalue weighted by Crippen LogP contribution is 2.37. The number of aromatic nitrogens is 1. The van der Waals surface area contributed by atoms with E-state index in [2.05, 4.69) is 15.0 Å². The molecule has 2 aromatic rings. The Kier molecular flexibility index (Phi) is 4.80. The van der Waals surface area contributed by atoms with E-state index in [1.54, 1.807) is 12.3 Å². The molecule has 2 aliphatic rings. The highest BCUT2D eigenvalue weighted by molar-refractivity contribution is 7.89. The molecule has 6 nitrogen and oxygen atoms in total. The number of pyridine rings is 1. The number of nitrogens with zero attached hydrogens (tertiary/aromatic N) is 2. The number of para-hydroxylation sites is 1. The van der Waals surface area contributed by atoms with Crippen molar-refractivity contribution in [1.82, 2.24) is 14.6 Å². The Morgan fingerprint density at radius 1 is 1.14 bits per heavy atom. The van der Waals surface area contributed by atoms with E-state index in [4.69, 9.17) is 0 Å². The van der Waals surface area contributed by atoms with Gasteiger partial charge in [-0.1, -0.05) is 18.2 Å². The molecule has 10 heteroatoms. The summed E-state index contributed by atoms with van der Waals surface area (Å²) in [6, 6.07) is 8.36. The van der Waals surface area contributed by atoms with E-state index in [1.165, 1.54) is 16.4 Å². The van der Waals surface area contributed by atoms with Crippen molar-refractivity contribution >= 4 is 10.0 Å². The molecule has 0 amide bonds. The van der Waals surface area contributed by atoms with Gasteiger partial charge in [-0.15, -0.1) is 13.2 Å². The maximum absolute atomic E-state index is 13.3. The number of sulfonamides is 1. The molecule has 0 radical (unpaired) electrons. The summed E-state index contributed by atoms with van der Waals surface area (Å²) in [7, 11) is -4.22. The Labute approximate surface area is 160 Å². The molecule has 3 heterocycles. The van der Waals surface area contributed by atoms with E-state index < -0.39 is 27.0 Å². The summed E-state index contributed by atoms with van der Waals surface area (Å²) in [6.45, 7) is 1.55. The minimum atomic E-state index is -4.98. The molecule has 0 bridgehead atoms. The normalized spacial score (nSPS) is 23.0. The maximum atomic E-state index is 13.3. The van der Waals surface area contributed by atoms with Crippen molar-refractivity contribution in [1.29, 1.82) is 0 Å². The number of nitrogens with one attached hydrogen (secondary N) is 1. The summed E-state index contributed by atoms with van der Waals surface area (Å²) in [6.07, 6.45) is -3.31. The van der Waals surface area contributed by atoms with Crippen molar-refractivity contribution < 1.29 is 26.3 Å². The molecule has 0 saturated carbocycles. The predicted octanol–water partition coefficient (Wildman–Crippen LogP) is 2.49. The third-order valence-corrected chi connectivity index (χ3v) is 6.95. The fourth-order valence-corrected chi connectivity index (χ4v) is 5.46. The van der Waals surface area contributed by atoms with Gasteiger partial charge in [0.1, 0.15) is 10.6 Å². The molecule has 1 fully saturated rings. The summed E-state index contributed by atoms with van der Waals surface area (Å²) < 4.78 is 70.0. The van der Waals surface area contributed by atoms with Crippen LogP contribution in [0.1, 0.15) is 17.2 Å². The van der Waals surface area contributed by atoms with Crippen LogP contribution in [-0.4, -0.2) is 43.7 Å². The number of hydrogen-bond acceptors (Lipinski definition) is 5.